The van der Waals surface area contributed by atoms with Gasteiger partial charge < -0.3 is 5.43 Å². The molecule has 102 valence electrons. The van der Waals surface area contributed by atoms with Gasteiger partial charge in [0.2, 0.25) is 0 Å². The van der Waals surface area contributed by atoms with Crippen LogP contribution in [0.3, 0.4) is 0 Å². The second-order valence-electron chi connectivity index (χ2n) is 4.70. The summed E-state index contributed by atoms with van der Waals surface area (Å²) in [4.78, 5) is 6.61. The summed E-state index contributed by atoms with van der Waals surface area (Å²) in [5.41, 5.74) is 3.85. The van der Waals surface area contributed by atoms with E-state index >= 15 is 0 Å². The molecule has 1 rings (SSSR count). The van der Waals surface area contributed by atoms with Gasteiger partial charge in [-0.05, 0) is 30.2 Å². The van der Waals surface area contributed by atoms with Gasteiger partial charge in [0.15, 0.2) is 0 Å². The first-order valence-electron chi connectivity index (χ1n) is 6.87. The van der Waals surface area contributed by atoms with E-state index in [4.69, 9.17) is 5.84 Å². The Balaban J connectivity index is 2.61. The van der Waals surface area contributed by atoms with Gasteiger partial charge in [0.05, 0.1) is 0 Å². The number of nitrogen functional groups attached to an aromatic ring is 1. The molecule has 1 aromatic rings. The summed E-state index contributed by atoms with van der Waals surface area (Å²) in [6, 6.07) is 4.06. The number of nitrogens with zero attached hydrogens (tertiary/aromatic N) is 2. The van der Waals surface area contributed by atoms with Gasteiger partial charge in [0.1, 0.15) is 5.82 Å². The minimum Gasteiger partial charge on any atom is -0.308 e. The summed E-state index contributed by atoms with van der Waals surface area (Å²) >= 11 is 0. The average molecular weight is 250 g/mol. The molecule has 0 fully saturated rings. The Morgan fingerprint density at radius 2 is 2.06 bits per heavy atom. The quantitative estimate of drug-likeness (QED) is 0.550. The molecule has 4 nitrogen and oxygen atoms in total. The van der Waals surface area contributed by atoms with Crippen molar-refractivity contribution >= 4 is 5.82 Å². The molecule has 3 N–H and O–H groups in total. The molecule has 0 bridgehead atoms. The normalized spacial score (nSPS) is 11.2. The Morgan fingerprint density at radius 3 is 2.61 bits per heavy atom. The van der Waals surface area contributed by atoms with Gasteiger partial charge >= 0.3 is 0 Å². The number of hydrogen-bond acceptors (Lipinski definition) is 4. The SMILES string of the molecule is CCC(CC)CN(CC)Cc1ccnc(NN)c1. The van der Waals surface area contributed by atoms with Crippen LogP contribution in [0.5, 0.6) is 0 Å². The molecule has 0 saturated carbocycles. The molecule has 18 heavy (non-hydrogen) atoms. The lowest BCUT2D eigenvalue weighted by Crippen LogP contribution is -2.28. The highest BCUT2D eigenvalue weighted by Crippen LogP contribution is 2.13. The topological polar surface area (TPSA) is 54.2 Å². The second-order valence-corrected chi connectivity index (χ2v) is 4.70. The van der Waals surface area contributed by atoms with Gasteiger partial charge in [-0.2, -0.15) is 0 Å². The van der Waals surface area contributed by atoms with Crippen molar-refractivity contribution in [2.45, 2.75) is 40.2 Å². The number of rotatable bonds is 8. The van der Waals surface area contributed by atoms with E-state index in [0.717, 1.165) is 31.4 Å². The fourth-order valence-electron chi connectivity index (χ4n) is 2.13. The number of hydrogen-bond donors (Lipinski definition) is 2. The number of nitrogens with two attached hydrogens (primary N) is 1. The maximum absolute atomic E-state index is 5.38. The molecule has 0 radical (unpaired) electrons. The molecule has 0 spiro atoms. The van der Waals surface area contributed by atoms with Crippen molar-refractivity contribution in [1.82, 2.24) is 9.88 Å². The molecule has 0 unspecified atom stereocenters. The number of nitrogens with one attached hydrogen (secondary N) is 1. The van der Waals surface area contributed by atoms with Gasteiger partial charge in [-0.25, -0.2) is 10.8 Å². The minimum absolute atomic E-state index is 0.728. The number of anilines is 1. The van der Waals surface area contributed by atoms with Crippen molar-refractivity contribution in [3.63, 3.8) is 0 Å². The lowest BCUT2D eigenvalue weighted by Gasteiger charge is -2.25. The second kappa shape index (κ2) is 8.06. The van der Waals surface area contributed by atoms with E-state index in [1.165, 1.54) is 18.4 Å². The van der Waals surface area contributed by atoms with Gasteiger partial charge in [-0.15, -0.1) is 0 Å². The van der Waals surface area contributed by atoms with Crippen LogP contribution in [0.1, 0.15) is 39.2 Å². The Morgan fingerprint density at radius 1 is 1.33 bits per heavy atom. The summed E-state index contributed by atoms with van der Waals surface area (Å²) in [7, 11) is 0. The summed E-state index contributed by atoms with van der Waals surface area (Å²) in [6.45, 7) is 9.95. The van der Waals surface area contributed by atoms with Crippen LogP contribution in [-0.2, 0) is 6.54 Å². The highest BCUT2D eigenvalue weighted by molar-refractivity contribution is 5.35. The van der Waals surface area contributed by atoms with Crippen molar-refractivity contribution in [1.29, 1.82) is 0 Å². The summed E-state index contributed by atoms with van der Waals surface area (Å²) < 4.78 is 0. The number of aromatic nitrogens is 1. The average Bonchev–Trinajstić information content (AvgIpc) is 2.43. The fourth-order valence-corrected chi connectivity index (χ4v) is 2.13. The number of pyridine rings is 1. The molecule has 0 aliphatic carbocycles. The minimum atomic E-state index is 0.728. The highest BCUT2D eigenvalue weighted by Gasteiger charge is 2.10. The van der Waals surface area contributed by atoms with Crippen LogP contribution < -0.4 is 11.3 Å². The number of hydrazine groups is 1. The maximum atomic E-state index is 5.38. The van der Waals surface area contributed by atoms with Crippen molar-refractivity contribution in [3.8, 4) is 0 Å². The van der Waals surface area contributed by atoms with E-state index in [0.29, 0.717) is 0 Å². The lowest BCUT2D eigenvalue weighted by atomic mass is 10.0. The first-order valence-corrected chi connectivity index (χ1v) is 6.87. The Kier molecular flexibility index (Phi) is 6.68. The van der Waals surface area contributed by atoms with E-state index in [2.05, 4.69) is 42.1 Å². The molecule has 0 amide bonds. The lowest BCUT2D eigenvalue weighted by molar-refractivity contribution is 0.226. The van der Waals surface area contributed by atoms with E-state index < -0.39 is 0 Å². The van der Waals surface area contributed by atoms with Crippen molar-refractivity contribution in [2.24, 2.45) is 11.8 Å². The maximum Gasteiger partial charge on any atom is 0.140 e. The van der Waals surface area contributed by atoms with Gasteiger partial charge in [-0.1, -0.05) is 33.6 Å². The van der Waals surface area contributed by atoms with E-state index in [9.17, 15) is 0 Å². The molecule has 0 saturated heterocycles. The third-order valence-electron chi connectivity index (χ3n) is 3.50. The molecule has 1 aromatic heterocycles. The first kappa shape index (κ1) is 14.9. The fraction of sp³-hybridized carbons (Fsp3) is 0.643. The van der Waals surface area contributed by atoms with Crippen LogP contribution in [0, 0.1) is 5.92 Å². The Labute approximate surface area is 111 Å². The zero-order valence-electron chi connectivity index (χ0n) is 11.8. The summed E-state index contributed by atoms with van der Waals surface area (Å²) in [6.07, 6.45) is 4.30. The first-order chi connectivity index (χ1) is 8.73. The molecule has 4 heteroatoms. The summed E-state index contributed by atoms with van der Waals surface area (Å²) in [5, 5.41) is 0. The Hall–Kier alpha value is -1.13. The molecule has 0 atom stereocenters. The predicted octanol–water partition coefficient (Wildman–Crippen LogP) is 2.63. The zero-order chi connectivity index (χ0) is 13.4. The highest BCUT2D eigenvalue weighted by atomic mass is 15.2. The molecule has 0 aliphatic rings. The standard InChI is InChI=1S/C14H26N4/c1-4-12(5-2)10-18(6-3)11-13-7-8-16-14(9-13)17-15/h7-9,12H,4-6,10-11,15H2,1-3H3,(H,16,17). The predicted molar refractivity (Wildman–Crippen MR) is 77.1 cm³/mol. The van der Waals surface area contributed by atoms with Crippen LogP contribution in [0.15, 0.2) is 18.3 Å². The van der Waals surface area contributed by atoms with Gasteiger partial charge in [-0.3, -0.25) is 4.90 Å². The largest absolute Gasteiger partial charge is 0.308 e. The van der Waals surface area contributed by atoms with Crippen LogP contribution in [0.4, 0.5) is 5.82 Å². The molecule has 0 aromatic carbocycles. The zero-order valence-corrected chi connectivity index (χ0v) is 11.8. The van der Waals surface area contributed by atoms with Crippen LogP contribution >= 0.6 is 0 Å². The summed E-state index contributed by atoms with van der Waals surface area (Å²) in [5.74, 6) is 6.90. The van der Waals surface area contributed by atoms with Crippen molar-refractivity contribution in [2.75, 3.05) is 18.5 Å². The van der Waals surface area contributed by atoms with E-state index in [1.807, 2.05) is 6.07 Å². The van der Waals surface area contributed by atoms with Crippen molar-refractivity contribution < 1.29 is 0 Å². The molecule has 0 aliphatic heterocycles. The third kappa shape index (κ3) is 4.63. The van der Waals surface area contributed by atoms with Crippen LogP contribution in [0.2, 0.25) is 0 Å². The Bertz CT molecular complexity index is 336. The van der Waals surface area contributed by atoms with E-state index in [-0.39, 0.29) is 0 Å². The van der Waals surface area contributed by atoms with Crippen LogP contribution in [-0.4, -0.2) is 23.0 Å². The molecule has 1 heterocycles. The van der Waals surface area contributed by atoms with Gasteiger partial charge in [0, 0.05) is 19.3 Å². The van der Waals surface area contributed by atoms with E-state index in [1.54, 1.807) is 6.20 Å². The van der Waals surface area contributed by atoms with Gasteiger partial charge in [0.25, 0.3) is 0 Å². The van der Waals surface area contributed by atoms with Crippen LogP contribution in [0.25, 0.3) is 0 Å². The smallest absolute Gasteiger partial charge is 0.140 e. The van der Waals surface area contributed by atoms with Crippen molar-refractivity contribution in [3.05, 3.63) is 23.9 Å². The monoisotopic (exact) mass is 250 g/mol. The molecular weight excluding hydrogens is 224 g/mol. The third-order valence-corrected chi connectivity index (χ3v) is 3.50. The molecular formula is C14H26N4.